The number of alkyl halides is 6. The quantitative estimate of drug-likeness (QED) is 0.0583. The number of rotatable bonds is 10. The molecule has 198 valence electrons. The Balaban J connectivity index is 3.70. The highest BCUT2D eigenvalue weighted by Crippen LogP contribution is 2.34. The monoisotopic (exact) mass is 541 g/mol. The zero-order chi connectivity index (χ0) is 27.9. The van der Waals surface area contributed by atoms with Gasteiger partial charge in [0.25, 0.3) is 0 Å². The van der Waals surface area contributed by atoms with Crippen LogP contribution in [0.25, 0.3) is 0 Å². The second-order valence-corrected chi connectivity index (χ2v) is 8.27. The van der Waals surface area contributed by atoms with E-state index in [1.807, 2.05) is 0 Å². The zero-order valence-corrected chi connectivity index (χ0v) is 20.0. The molecule has 1 heterocycles. The van der Waals surface area contributed by atoms with Crippen LogP contribution in [0.3, 0.4) is 0 Å². The highest BCUT2D eigenvalue weighted by molar-refractivity contribution is 7.87. The number of hydrogen-bond donors (Lipinski definition) is 0. The van der Waals surface area contributed by atoms with E-state index in [0.29, 0.717) is 12.5 Å². The summed E-state index contributed by atoms with van der Waals surface area (Å²) in [5, 5.41) is 3.46. The summed E-state index contributed by atoms with van der Waals surface area (Å²) in [6.45, 7) is 10.4. The third kappa shape index (κ3) is 7.44. The van der Waals surface area contributed by atoms with Crippen molar-refractivity contribution < 1.29 is 48.5 Å². The first-order valence-electron chi connectivity index (χ1n) is 9.72. The van der Waals surface area contributed by atoms with Crippen molar-refractivity contribution in [3.05, 3.63) is 77.5 Å². The van der Waals surface area contributed by atoms with Crippen LogP contribution in [0.4, 0.5) is 26.3 Å². The van der Waals surface area contributed by atoms with Crippen molar-refractivity contribution >= 4 is 22.4 Å². The number of allylic oxidation sites excluding steroid dienone is 5. The van der Waals surface area contributed by atoms with Crippen LogP contribution >= 0.6 is 0 Å². The highest BCUT2D eigenvalue weighted by Gasteiger charge is 2.49. The molecule has 8 nitrogen and oxygen atoms in total. The number of esters is 1. The van der Waals surface area contributed by atoms with E-state index < -0.39 is 44.8 Å². The standard InChI is InChI=1S/C21H21F6N3O5S/c1-6-9-14(17(13(4)5)35-36(32,33)21(25,26)27)16(10-7-2)28-12-30-18(20(22,23)24)15(11-29-30)19(31)34-8-3/h6-7,9-12H,1-2,8H2,3-5H3/b14-9-,16-10-,28-12?. The highest BCUT2D eigenvalue weighted by atomic mass is 32.2. The van der Waals surface area contributed by atoms with Gasteiger partial charge >= 0.3 is 27.8 Å². The van der Waals surface area contributed by atoms with Crippen molar-refractivity contribution in [2.45, 2.75) is 32.5 Å². The number of halogens is 6. The van der Waals surface area contributed by atoms with E-state index >= 15 is 0 Å². The van der Waals surface area contributed by atoms with Crippen LogP contribution in [-0.4, -0.2) is 42.6 Å². The summed E-state index contributed by atoms with van der Waals surface area (Å²) in [6.07, 6.45) is 0.260. The molecule has 1 aromatic heterocycles. The van der Waals surface area contributed by atoms with E-state index in [9.17, 15) is 39.6 Å². The molecule has 1 rings (SSSR count). The van der Waals surface area contributed by atoms with Gasteiger partial charge in [-0.3, -0.25) is 0 Å². The fourth-order valence-corrected chi connectivity index (χ4v) is 3.04. The molecule has 0 aliphatic rings. The number of aromatic nitrogens is 2. The lowest BCUT2D eigenvalue weighted by atomic mass is 10.1. The van der Waals surface area contributed by atoms with E-state index in [1.165, 1.54) is 20.8 Å². The second-order valence-electron chi connectivity index (χ2n) is 6.73. The molecule has 1 aromatic rings. The largest absolute Gasteiger partial charge is 0.534 e. The average Bonchev–Trinajstić information content (AvgIpc) is 3.18. The molecule has 0 N–H and O–H groups in total. The van der Waals surface area contributed by atoms with Crippen molar-refractivity contribution in [3.63, 3.8) is 0 Å². The van der Waals surface area contributed by atoms with Crippen LogP contribution in [0.1, 0.15) is 36.8 Å². The summed E-state index contributed by atoms with van der Waals surface area (Å²) < 4.78 is 112. The fraction of sp³-hybridized carbons (Fsp3) is 0.286. The molecule has 0 unspecified atom stereocenters. The van der Waals surface area contributed by atoms with E-state index in [0.717, 1.165) is 24.3 Å². The Labute approximate surface area is 202 Å². The van der Waals surface area contributed by atoms with Crippen molar-refractivity contribution in [2.75, 3.05) is 6.61 Å². The van der Waals surface area contributed by atoms with Crippen LogP contribution in [0.2, 0.25) is 0 Å². The van der Waals surface area contributed by atoms with Gasteiger partial charge in [-0.25, -0.2) is 14.5 Å². The lowest BCUT2D eigenvalue weighted by Gasteiger charge is -2.17. The van der Waals surface area contributed by atoms with Crippen molar-refractivity contribution in [2.24, 2.45) is 4.99 Å². The number of carbonyl (C=O) groups excluding carboxylic acids is 1. The first-order chi connectivity index (χ1) is 16.5. The summed E-state index contributed by atoms with van der Waals surface area (Å²) in [6, 6.07) is 0. The molecule has 0 saturated heterocycles. The minimum Gasteiger partial charge on any atom is -0.462 e. The normalized spacial score (nSPS) is 13.5. The smallest absolute Gasteiger partial charge is 0.462 e. The van der Waals surface area contributed by atoms with Gasteiger partial charge < -0.3 is 8.92 Å². The van der Waals surface area contributed by atoms with Crippen LogP contribution in [0, 0.1) is 0 Å². The Kier molecular flexibility index (Phi) is 10.0. The summed E-state index contributed by atoms with van der Waals surface area (Å²) in [7, 11) is -6.11. The topological polar surface area (TPSA) is 99.8 Å². The fourth-order valence-electron chi connectivity index (χ4n) is 2.47. The Bertz CT molecular complexity index is 1230. The molecule has 0 saturated carbocycles. The van der Waals surface area contributed by atoms with Gasteiger partial charge in [0.2, 0.25) is 0 Å². The Hall–Kier alpha value is -3.62. The summed E-state index contributed by atoms with van der Waals surface area (Å²) >= 11 is 0. The van der Waals surface area contributed by atoms with Gasteiger partial charge in [-0.2, -0.15) is 39.9 Å². The van der Waals surface area contributed by atoms with Crippen LogP contribution < -0.4 is 0 Å². The molecule has 0 aromatic carbocycles. The Morgan fingerprint density at radius 2 is 1.72 bits per heavy atom. The Morgan fingerprint density at radius 3 is 2.17 bits per heavy atom. The Morgan fingerprint density at radius 1 is 1.14 bits per heavy atom. The summed E-state index contributed by atoms with van der Waals surface area (Å²) in [4.78, 5) is 15.7. The van der Waals surface area contributed by atoms with Gasteiger partial charge in [-0.05, 0) is 38.5 Å². The maximum absolute atomic E-state index is 13.6. The number of carbonyl (C=O) groups is 1. The number of nitrogens with zero attached hydrogens (tertiary/aromatic N) is 3. The lowest BCUT2D eigenvalue weighted by molar-refractivity contribution is -0.142. The van der Waals surface area contributed by atoms with Gasteiger partial charge in [0, 0.05) is 5.57 Å². The molecule has 15 heteroatoms. The van der Waals surface area contributed by atoms with E-state index in [-0.39, 0.29) is 28.1 Å². The van der Waals surface area contributed by atoms with Crippen molar-refractivity contribution in [3.8, 4) is 0 Å². The molecule has 0 radical (unpaired) electrons. The minimum absolute atomic E-state index is 0.0549. The predicted octanol–water partition coefficient (Wildman–Crippen LogP) is 5.30. The lowest BCUT2D eigenvalue weighted by Crippen LogP contribution is -2.26. The molecule has 0 fully saturated rings. The molecule has 0 aliphatic heterocycles. The zero-order valence-electron chi connectivity index (χ0n) is 19.1. The first kappa shape index (κ1) is 30.4. The maximum atomic E-state index is 13.6. The SMILES string of the molecule is C=C/C=C(N=Cn1ncc(C(=O)OCC)c1C(F)(F)F)/C(=C/C=C)C(OS(=O)(=O)C(F)(F)F)=C(C)C. The van der Waals surface area contributed by atoms with Gasteiger partial charge in [0.05, 0.1) is 18.5 Å². The molecule has 0 atom stereocenters. The summed E-state index contributed by atoms with van der Waals surface area (Å²) in [5.41, 5.74) is -9.02. The van der Waals surface area contributed by atoms with Crippen molar-refractivity contribution in [1.82, 2.24) is 9.78 Å². The third-order valence-electron chi connectivity index (χ3n) is 3.88. The van der Waals surface area contributed by atoms with Gasteiger partial charge in [-0.15, -0.1) is 0 Å². The maximum Gasteiger partial charge on any atom is 0.534 e. The molecule has 0 spiro atoms. The van der Waals surface area contributed by atoms with Gasteiger partial charge in [0.15, 0.2) is 11.5 Å². The second kappa shape index (κ2) is 11.9. The number of hydrogen-bond acceptors (Lipinski definition) is 7. The number of ether oxygens (including phenoxy) is 1. The van der Waals surface area contributed by atoms with Crippen LogP contribution in [0.15, 0.2) is 71.3 Å². The molecule has 0 bridgehead atoms. The third-order valence-corrected chi connectivity index (χ3v) is 4.83. The summed E-state index contributed by atoms with van der Waals surface area (Å²) in [5.74, 6) is -2.10. The predicted molar refractivity (Wildman–Crippen MR) is 118 cm³/mol. The van der Waals surface area contributed by atoms with Gasteiger partial charge in [-0.1, -0.05) is 25.3 Å². The first-order valence-corrected chi connectivity index (χ1v) is 11.1. The average molecular weight is 541 g/mol. The molecular weight excluding hydrogens is 520 g/mol. The van der Waals surface area contributed by atoms with Gasteiger partial charge in [0.1, 0.15) is 11.9 Å². The molecule has 0 amide bonds. The number of aliphatic imine (C=N–C) groups is 1. The van der Waals surface area contributed by atoms with Crippen LogP contribution in [-0.2, 0) is 25.2 Å². The molecular formula is C21H21F6N3O5S. The molecule has 0 aliphatic carbocycles. The minimum atomic E-state index is -6.11. The van der Waals surface area contributed by atoms with E-state index in [2.05, 4.69) is 32.2 Å². The molecule has 36 heavy (non-hydrogen) atoms. The van der Waals surface area contributed by atoms with E-state index in [4.69, 9.17) is 0 Å². The van der Waals surface area contributed by atoms with E-state index in [1.54, 1.807) is 0 Å². The van der Waals surface area contributed by atoms with Crippen molar-refractivity contribution in [1.29, 1.82) is 0 Å². The van der Waals surface area contributed by atoms with Crippen LogP contribution in [0.5, 0.6) is 0 Å².